The number of aliphatic hydroxyl groups is 2. The Labute approximate surface area is 98.3 Å². The minimum absolute atomic E-state index is 0.0870. The summed E-state index contributed by atoms with van der Waals surface area (Å²) >= 11 is 0. The molecule has 0 spiro atoms. The van der Waals surface area contributed by atoms with Gasteiger partial charge in [0.1, 0.15) is 0 Å². The predicted octanol–water partition coefficient (Wildman–Crippen LogP) is 0.437. The van der Waals surface area contributed by atoms with Gasteiger partial charge in [-0.15, -0.1) is 0 Å². The zero-order chi connectivity index (χ0) is 12.5. The van der Waals surface area contributed by atoms with Gasteiger partial charge in [0.2, 0.25) is 0 Å². The Balaban J connectivity index is 0. The van der Waals surface area contributed by atoms with E-state index in [0.717, 1.165) is 19.4 Å². The van der Waals surface area contributed by atoms with E-state index in [1.54, 1.807) is 7.11 Å². The molecular weight excluding hydrogens is 212 g/mol. The first-order valence-corrected chi connectivity index (χ1v) is 5.69. The molecule has 0 aliphatic heterocycles. The lowest BCUT2D eigenvalue weighted by Gasteiger charge is -1.98. The molecular formula is C11H26O5. The van der Waals surface area contributed by atoms with Gasteiger partial charge in [-0.1, -0.05) is 13.3 Å². The maximum Gasteiger partial charge on any atom is 0.0701 e. The zero-order valence-electron chi connectivity index (χ0n) is 10.5. The molecule has 0 saturated carbocycles. The van der Waals surface area contributed by atoms with Gasteiger partial charge in [0, 0.05) is 13.7 Å². The van der Waals surface area contributed by atoms with Crippen molar-refractivity contribution in [2.45, 2.75) is 19.8 Å². The van der Waals surface area contributed by atoms with Gasteiger partial charge in [-0.25, -0.2) is 0 Å². The quantitative estimate of drug-likeness (QED) is 0.540. The summed E-state index contributed by atoms with van der Waals surface area (Å²) < 4.78 is 14.5. The number of hydrogen-bond acceptors (Lipinski definition) is 5. The van der Waals surface area contributed by atoms with Crippen LogP contribution in [0.2, 0.25) is 0 Å². The van der Waals surface area contributed by atoms with Crippen molar-refractivity contribution in [2.75, 3.05) is 53.4 Å². The molecule has 0 aliphatic rings. The Bertz CT molecular complexity index is 76.4. The zero-order valence-corrected chi connectivity index (χ0v) is 10.5. The Morgan fingerprint density at radius 3 is 1.81 bits per heavy atom. The molecule has 0 aromatic heterocycles. The fourth-order valence-electron chi connectivity index (χ4n) is 0.722. The molecule has 2 N–H and O–H groups in total. The first-order chi connectivity index (χ1) is 7.83. The van der Waals surface area contributed by atoms with Gasteiger partial charge < -0.3 is 24.4 Å². The first-order valence-electron chi connectivity index (χ1n) is 5.69. The van der Waals surface area contributed by atoms with E-state index in [4.69, 9.17) is 19.7 Å². The van der Waals surface area contributed by atoms with Crippen LogP contribution in [-0.2, 0) is 14.2 Å². The molecule has 0 aromatic rings. The van der Waals surface area contributed by atoms with Crippen LogP contribution in [0.5, 0.6) is 0 Å². The van der Waals surface area contributed by atoms with Gasteiger partial charge in [0.15, 0.2) is 0 Å². The largest absolute Gasteiger partial charge is 0.394 e. The molecule has 0 aliphatic carbocycles. The summed E-state index contributed by atoms with van der Waals surface area (Å²) in [5.41, 5.74) is 0. The molecule has 0 bridgehead atoms. The van der Waals surface area contributed by atoms with Crippen molar-refractivity contribution in [3.8, 4) is 0 Å². The average molecular weight is 238 g/mol. The molecule has 5 heteroatoms. The third-order valence-electron chi connectivity index (χ3n) is 1.55. The molecule has 0 unspecified atom stereocenters. The minimum Gasteiger partial charge on any atom is -0.394 e. The van der Waals surface area contributed by atoms with E-state index in [2.05, 4.69) is 11.7 Å². The standard InChI is InChI=1S/C6H14O2.C5H12O3/c1-2-3-5-8-6-4-7;1-7-4-5-8-3-2-6/h7H,2-6H2,1H3;6H,2-5H2,1H3. The van der Waals surface area contributed by atoms with Gasteiger partial charge in [-0.2, -0.15) is 0 Å². The molecule has 0 aromatic carbocycles. The summed E-state index contributed by atoms with van der Waals surface area (Å²) in [6, 6.07) is 0. The second-order valence-corrected chi connectivity index (χ2v) is 3.02. The monoisotopic (exact) mass is 238 g/mol. The number of methoxy groups -OCH3 is 1. The van der Waals surface area contributed by atoms with Gasteiger partial charge in [0.25, 0.3) is 0 Å². The van der Waals surface area contributed by atoms with E-state index in [1.807, 2.05) is 0 Å². The van der Waals surface area contributed by atoms with Crippen molar-refractivity contribution in [1.29, 1.82) is 0 Å². The number of ether oxygens (including phenoxy) is 3. The SMILES string of the molecule is CCCCOCCO.COCCOCCO. The van der Waals surface area contributed by atoms with Gasteiger partial charge >= 0.3 is 0 Å². The number of hydrogen-bond donors (Lipinski definition) is 2. The topological polar surface area (TPSA) is 68.2 Å². The molecule has 0 heterocycles. The smallest absolute Gasteiger partial charge is 0.0701 e. The van der Waals surface area contributed by atoms with Crippen LogP contribution >= 0.6 is 0 Å². The third kappa shape index (κ3) is 23.5. The van der Waals surface area contributed by atoms with Crippen LogP contribution < -0.4 is 0 Å². The normalized spacial score (nSPS) is 9.75. The molecule has 0 atom stereocenters. The van der Waals surface area contributed by atoms with Gasteiger partial charge in [-0.05, 0) is 6.42 Å². The van der Waals surface area contributed by atoms with Crippen LogP contribution in [0, 0.1) is 0 Å². The average Bonchev–Trinajstić information content (AvgIpc) is 2.31. The summed E-state index contributed by atoms with van der Waals surface area (Å²) in [4.78, 5) is 0. The Morgan fingerprint density at radius 2 is 1.38 bits per heavy atom. The number of aliphatic hydroxyl groups excluding tert-OH is 2. The lowest BCUT2D eigenvalue weighted by Crippen LogP contribution is -2.05. The first kappa shape index (κ1) is 18.2. The van der Waals surface area contributed by atoms with Crippen LogP contribution in [0.4, 0.5) is 0 Å². The Hall–Kier alpha value is -0.200. The second-order valence-electron chi connectivity index (χ2n) is 3.02. The van der Waals surface area contributed by atoms with Crippen molar-refractivity contribution in [1.82, 2.24) is 0 Å². The van der Waals surface area contributed by atoms with Crippen LogP contribution in [0.1, 0.15) is 19.8 Å². The fraction of sp³-hybridized carbons (Fsp3) is 1.00. The maximum atomic E-state index is 8.24. The van der Waals surface area contributed by atoms with Crippen molar-refractivity contribution in [3.63, 3.8) is 0 Å². The molecule has 5 nitrogen and oxygen atoms in total. The molecule has 0 radical (unpaired) electrons. The Kier molecular flexibility index (Phi) is 23.0. The number of unbranched alkanes of at least 4 members (excludes halogenated alkanes) is 1. The van der Waals surface area contributed by atoms with Crippen LogP contribution in [-0.4, -0.2) is 63.6 Å². The summed E-state index contributed by atoms with van der Waals surface area (Å²) in [6.45, 7) is 5.19. The summed E-state index contributed by atoms with van der Waals surface area (Å²) in [6.07, 6.45) is 2.26. The number of rotatable bonds is 10. The van der Waals surface area contributed by atoms with E-state index in [9.17, 15) is 0 Å². The minimum atomic E-state index is 0.0870. The second kappa shape index (κ2) is 20.2. The predicted molar refractivity (Wildman–Crippen MR) is 62.6 cm³/mol. The maximum absolute atomic E-state index is 8.24. The van der Waals surface area contributed by atoms with E-state index < -0.39 is 0 Å². The van der Waals surface area contributed by atoms with Crippen molar-refractivity contribution < 1.29 is 24.4 Å². The summed E-state index contributed by atoms with van der Waals surface area (Å²) in [5, 5.41) is 16.4. The summed E-state index contributed by atoms with van der Waals surface area (Å²) in [5.74, 6) is 0. The van der Waals surface area contributed by atoms with E-state index in [0.29, 0.717) is 26.4 Å². The van der Waals surface area contributed by atoms with E-state index in [1.165, 1.54) is 0 Å². The Morgan fingerprint density at radius 1 is 0.812 bits per heavy atom. The highest BCUT2D eigenvalue weighted by Gasteiger charge is 1.83. The third-order valence-corrected chi connectivity index (χ3v) is 1.55. The van der Waals surface area contributed by atoms with Gasteiger partial charge in [-0.3, -0.25) is 0 Å². The lowest BCUT2D eigenvalue weighted by atomic mass is 10.4. The van der Waals surface area contributed by atoms with Crippen LogP contribution in [0.15, 0.2) is 0 Å². The van der Waals surface area contributed by atoms with Crippen molar-refractivity contribution in [3.05, 3.63) is 0 Å². The highest BCUT2D eigenvalue weighted by molar-refractivity contribution is 4.30. The lowest BCUT2D eigenvalue weighted by molar-refractivity contribution is 0.0500. The molecule has 0 saturated heterocycles. The summed E-state index contributed by atoms with van der Waals surface area (Å²) in [7, 11) is 1.61. The van der Waals surface area contributed by atoms with Crippen molar-refractivity contribution >= 4 is 0 Å². The van der Waals surface area contributed by atoms with Crippen LogP contribution in [0.25, 0.3) is 0 Å². The highest BCUT2D eigenvalue weighted by Crippen LogP contribution is 1.85. The molecule has 100 valence electrons. The molecule has 0 amide bonds. The van der Waals surface area contributed by atoms with E-state index >= 15 is 0 Å². The highest BCUT2D eigenvalue weighted by atomic mass is 16.5. The molecule has 16 heavy (non-hydrogen) atoms. The van der Waals surface area contributed by atoms with Crippen LogP contribution in [0.3, 0.4) is 0 Å². The van der Waals surface area contributed by atoms with Gasteiger partial charge in [0.05, 0.1) is 39.6 Å². The molecule has 0 rings (SSSR count). The van der Waals surface area contributed by atoms with E-state index in [-0.39, 0.29) is 13.2 Å². The van der Waals surface area contributed by atoms with Crippen molar-refractivity contribution in [2.24, 2.45) is 0 Å². The fourth-order valence-corrected chi connectivity index (χ4v) is 0.722. The molecule has 0 fully saturated rings.